The van der Waals surface area contributed by atoms with Gasteiger partial charge in [-0.1, -0.05) is 131 Å². The summed E-state index contributed by atoms with van der Waals surface area (Å²) in [5, 5.41) is 0. The van der Waals surface area contributed by atoms with Crippen molar-refractivity contribution in [2.75, 3.05) is 0 Å². The van der Waals surface area contributed by atoms with Crippen LogP contribution in [0.2, 0.25) is 0 Å². The molecule has 2 nitrogen and oxygen atoms in total. The number of hydrogen-bond acceptors (Lipinski definition) is 2. The van der Waals surface area contributed by atoms with Crippen LogP contribution in [0.3, 0.4) is 0 Å². The summed E-state index contributed by atoms with van der Waals surface area (Å²) >= 11 is 0. The molecule has 4 saturated carbocycles. The predicted octanol–water partition coefficient (Wildman–Crippen LogP) is 14.2. The van der Waals surface area contributed by atoms with Gasteiger partial charge in [-0.05, 0) is 131 Å². The summed E-state index contributed by atoms with van der Waals surface area (Å²) in [6.07, 6.45) is 39.5. The summed E-state index contributed by atoms with van der Waals surface area (Å²) in [6.45, 7) is 14.9. The number of ether oxygens (including phenoxy) is 1. The Balaban J connectivity index is 1.19. The van der Waals surface area contributed by atoms with E-state index in [4.69, 9.17) is 4.74 Å². The Bertz CT molecular complexity index is 936. The largest absolute Gasteiger partial charge is 0.458 e. The van der Waals surface area contributed by atoms with Crippen molar-refractivity contribution in [2.45, 2.75) is 221 Å². The zero-order chi connectivity index (χ0) is 33.8. The third-order valence-corrected chi connectivity index (χ3v) is 14.9. The first-order valence-corrected chi connectivity index (χ1v) is 21.5. The van der Waals surface area contributed by atoms with E-state index < -0.39 is 0 Å². The summed E-state index contributed by atoms with van der Waals surface area (Å²) in [6, 6.07) is 0. The van der Waals surface area contributed by atoms with Crippen molar-refractivity contribution in [3.05, 3.63) is 12.2 Å². The fourth-order valence-electron chi connectivity index (χ4n) is 12.1. The van der Waals surface area contributed by atoms with E-state index in [-0.39, 0.29) is 17.0 Å². The molecular weight excluding hydrogens is 572 g/mol. The molecule has 4 unspecified atom stereocenters. The first kappa shape index (κ1) is 39.0. The van der Waals surface area contributed by atoms with Gasteiger partial charge in [-0.3, -0.25) is 4.79 Å². The summed E-state index contributed by atoms with van der Waals surface area (Å²) < 4.78 is 6.77. The molecule has 0 saturated heterocycles. The van der Waals surface area contributed by atoms with Gasteiger partial charge < -0.3 is 4.74 Å². The van der Waals surface area contributed by atoms with Gasteiger partial charge in [-0.15, -0.1) is 0 Å². The standard InChI is InChI=1S/C45H80O2/c1-7-8-9-10-11-12-13-14-15-16-17-18-19-20-21-27-42(46)47-45-33-23-22-32-44(45,6)41-31-34-43(5)39(37(4)26-24-25-36(2)3)28-29-40(43)38(41)30-35-45/h14-15,36-41H,7-13,16-35H2,1-6H3/t37-,38?,39-,40?,41?,43-,44-,45?/m1/s1. The molecule has 0 radical (unpaired) electrons. The van der Waals surface area contributed by atoms with Crippen LogP contribution < -0.4 is 0 Å². The molecule has 4 aliphatic carbocycles. The van der Waals surface area contributed by atoms with Gasteiger partial charge in [0.25, 0.3) is 0 Å². The quantitative estimate of drug-likeness (QED) is 0.0700. The highest BCUT2D eigenvalue weighted by atomic mass is 16.6. The molecule has 0 aromatic heterocycles. The summed E-state index contributed by atoms with van der Waals surface area (Å²) in [5.74, 6) is 5.22. The van der Waals surface area contributed by atoms with Crippen molar-refractivity contribution in [1.29, 1.82) is 0 Å². The predicted molar refractivity (Wildman–Crippen MR) is 202 cm³/mol. The molecule has 0 bridgehead atoms. The van der Waals surface area contributed by atoms with Gasteiger partial charge in [0.15, 0.2) is 0 Å². The molecule has 0 aromatic carbocycles. The van der Waals surface area contributed by atoms with E-state index in [1.54, 1.807) is 0 Å². The van der Waals surface area contributed by atoms with E-state index in [1.807, 2.05) is 0 Å². The summed E-state index contributed by atoms with van der Waals surface area (Å²) in [4.78, 5) is 13.4. The summed E-state index contributed by atoms with van der Waals surface area (Å²) in [5.41, 5.74) is 0.514. The van der Waals surface area contributed by atoms with E-state index >= 15 is 0 Å². The minimum absolute atomic E-state index is 0.117. The van der Waals surface area contributed by atoms with Crippen molar-refractivity contribution >= 4 is 5.97 Å². The molecule has 0 spiro atoms. The number of allylic oxidation sites excluding steroid dienone is 2. The lowest BCUT2D eigenvalue weighted by Crippen LogP contribution is -2.62. The van der Waals surface area contributed by atoms with Crippen LogP contribution in [0.25, 0.3) is 0 Å². The van der Waals surface area contributed by atoms with E-state index in [0.29, 0.717) is 11.8 Å². The van der Waals surface area contributed by atoms with E-state index in [9.17, 15) is 4.79 Å². The Morgan fingerprint density at radius 2 is 1.36 bits per heavy atom. The molecular formula is C45H80O2. The molecule has 0 amide bonds. The van der Waals surface area contributed by atoms with Gasteiger partial charge >= 0.3 is 5.97 Å². The molecule has 4 fully saturated rings. The Labute approximate surface area is 293 Å². The highest BCUT2D eigenvalue weighted by Gasteiger charge is 2.65. The average Bonchev–Trinajstić information content (AvgIpc) is 3.40. The Morgan fingerprint density at radius 1 is 0.702 bits per heavy atom. The number of carbonyl (C=O) groups is 1. The number of rotatable bonds is 21. The van der Waals surface area contributed by atoms with Gasteiger partial charge in [-0.2, -0.15) is 0 Å². The van der Waals surface area contributed by atoms with Crippen molar-refractivity contribution in [2.24, 2.45) is 46.3 Å². The molecule has 0 aromatic rings. The number of hydrogen-bond donors (Lipinski definition) is 0. The molecule has 0 heterocycles. The molecule has 4 aliphatic rings. The maximum Gasteiger partial charge on any atom is 0.306 e. The van der Waals surface area contributed by atoms with Crippen molar-refractivity contribution in [3.63, 3.8) is 0 Å². The van der Waals surface area contributed by atoms with Gasteiger partial charge in [-0.25, -0.2) is 0 Å². The minimum atomic E-state index is -0.193. The second kappa shape index (κ2) is 19.0. The van der Waals surface area contributed by atoms with Gasteiger partial charge in [0.1, 0.15) is 5.60 Å². The summed E-state index contributed by atoms with van der Waals surface area (Å²) in [7, 11) is 0. The highest BCUT2D eigenvalue weighted by molar-refractivity contribution is 5.70. The van der Waals surface area contributed by atoms with E-state index in [1.165, 1.54) is 148 Å². The first-order valence-electron chi connectivity index (χ1n) is 21.5. The Hall–Kier alpha value is -0.790. The lowest BCUT2D eigenvalue weighted by Gasteiger charge is -2.64. The second-order valence-electron chi connectivity index (χ2n) is 18.4. The van der Waals surface area contributed by atoms with Crippen LogP contribution in [0.5, 0.6) is 0 Å². The highest BCUT2D eigenvalue weighted by Crippen LogP contribution is 2.70. The average molecular weight is 653 g/mol. The van der Waals surface area contributed by atoms with Crippen molar-refractivity contribution in [1.82, 2.24) is 0 Å². The molecule has 8 atom stereocenters. The number of unbranched alkanes of at least 4 members (excludes halogenated alkanes) is 11. The SMILES string of the molecule is CCCCCCCCC=CCCCCCCCC(=O)OC12CCCC[C@]1(C)C1CC[C@@]3(C)C(CC[C@@H]3[C@H](C)CCCC(C)C)C1CC2. The number of fused-ring (bicyclic) bond motifs is 5. The maximum atomic E-state index is 13.4. The van der Waals surface area contributed by atoms with Gasteiger partial charge in [0.05, 0.1) is 0 Å². The molecule has 47 heavy (non-hydrogen) atoms. The van der Waals surface area contributed by atoms with Crippen LogP contribution in [-0.2, 0) is 9.53 Å². The molecule has 272 valence electrons. The Kier molecular flexibility index (Phi) is 15.8. The van der Waals surface area contributed by atoms with Crippen LogP contribution in [0.1, 0.15) is 215 Å². The van der Waals surface area contributed by atoms with E-state index in [2.05, 4.69) is 53.7 Å². The lowest BCUT2D eigenvalue weighted by atomic mass is 9.43. The molecule has 4 rings (SSSR count). The van der Waals surface area contributed by atoms with Crippen LogP contribution >= 0.6 is 0 Å². The van der Waals surface area contributed by atoms with Crippen molar-refractivity contribution < 1.29 is 9.53 Å². The van der Waals surface area contributed by atoms with Gasteiger partial charge in [0.2, 0.25) is 0 Å². The third-order valence-electron chi connectivity index (χ3n) is 14.9. The van der Waals surface area contributed by atoms with Crippen molar-refractivity contribution in [3.8, 4) is 0 Å². The molecule has 2 heteroatoms. The molecule has 0 N–H and O–H groups in total. The normalized spacial score (nSPS) is 34.3. The molecule has 0 aliphatic heterocycles. The maximum absolute atomic E-state index is 13.4. The third kappa shape index (κ3) is 9.93. The lowest BCUT2D eigenvalue weighted by molar-refractivity contribution is -0.228. The van der Waals surface area contributed by atoms with Crippen LogP contribution in [-0.4, -0.2) is 11.6 Å². The second-order valence-corrected chi connectivity index (χ2v) is 18.4. The fraction of sp³-hybridized carbons (Fsp3) is 0.933. The minimum Gasteiger partial charge on any atom is -0.458 e. The fourth-order valence-corrected chi connectivity index (χ4v) is 12.1. The smallest absolute Gasteiger partial charge is 0.306 e. The van der Waals surface area contributed by atoms with E-state index in [0.717, 1.165) is 54.8 Å². The Morgan fingerprint density at radius 3 is 2.06 bits per heavy atom. The number of esters is 1. The van der Waals surface area contributed by atoms with Crippen LogP contribution in [0, 0.1) is 46.3 Å². The topological polar surface area (TPSA) is 26.3 Å². The van der Waals surface area contributed by atoms with Crippen LogP contribution in [0.15, 0.2) is 12.2 Å². The van der Waals surface area contributed by atoms with Gasteiger partial charge in [0, 0.05) is 11.8 Å². The zero-order valence-electron chi connectivity index (χ0n) is 32.5. The number of carbonyl (C=O) groups excluding carboxylic acids is 1. The van der Waals surface area contributed by atoms with Crippen LogP contribution in [0.4, 0.5) is 0 Å². The monoisotopic (exact) mass is 653 g/mol. The zero-order valence-corrected chi connectivity index (χ0v) is 32.5. The first-order chi connectivity index (χ1) is 22.7.